The number of aromatic nitrogens is 1. The minimum atomic E-state index is -0.467. The first-order valence-corrected chi connectivity index (χ1v) is 5.88. The zero-order valence-electron chi connectivity index (χ0n) is 10.1. The van der Waals surface area contributed by atoms with Crippen molar-refractivity contribution < 1.29 is 9.18 Å². The highest BCUT2D eigenvalue weighted by Crippen LogP contribution is 2.23. The van der Waals surface area contributed by atoms with E-state index in [1.807, 2.05) is 0 Å². The molecule has 1 aromatic carbocycles. The number of carbonyl (C=O) groups excluding carboxylic acids is 1. The fraction of sp³-hybridized carbons (Fsp3) is 0.0769. The molecule has 0 atom stereocenters. The van der Waals surface area contributed by atoms with Crippen LogP contribution in [-0.4, -0.2) is 17.9 Å². The minimum Gasteiger partial charge on any atom is -0.373 e. The molecule has 2 rings (SSSR count). The molecule has 6 heteroatoms. The molecule has 0 fully saturated rings. The van der Waals surface area contributed by atoms with Crippen molar-refractivity contribution in [3.8, 4) is 0 Å². The molecule has 0 radical (unpaired) electrons. The molecule has 1 heterocycles. The smallest absolute Gasteiger partial charge is 0.255 e. The third-order valence-corrected chi connectivity index (χ3v) is 2.78. The summed E-state index contributed by atoms with van der Waals surface area (Å²) >= 11 is 5.88. The Kier molecular flexibility index (Phi) is 3.97. The summed E-state index contributed by atoms with van der Waals surface area (Å²) in [5.74, 6) is -0.283. The van der Waals surface area contributed by atoms with Crippen molar-refractivity contribution in [2.75, 3.05) is 17.7 Å². The Morgan fingerprint density at radius 2 is 2.11 bits per heavy atom. The molecule has 0 aliphatic heterocycles. The monoisotopic (exact) mass is 279 g/mol. The predicted molar refractivity (Wildman–Crippen MR) is 73.1 cm³/mol. The molecule has 0 aliphatic carbocycles. The van der Waals surface area contributed by atoms with Gasteiger partial charge >= 0.3 is 0 Å². The van der Waals surface area contributed by atoms with Crippen molar-refractivity contribution in [1.29, 1.82) is 0 Å². The van der Waals surface area contributed by atoms with E-state index in [9.17, 15) is 9.18 Å². The summed E-state index contributed by atoms with van der Waals surface area (Å²) in [6.07, 6.45) is 1.51. The van der Waals surface area contributed by atoms with Crippen LogP contribution < -0.4 is 10.6 Å². The lowest BCUT2D eigenvalue weighted by atomic mass is 10.2. The molecule has 0 saturated carbocycles. The van der Waals surface area contributed by atoms with Gasteiger partial charge in [-0.3, -0.25) is 4.79 Å². The number of hydrogen-bond acceptors (Lipinski definition) is 3. The molecule has 0 spiro atoms. The van der Waals surface area contributed by atoms with E-state index in [2.05, 4.69) is 15.6 Å². The molecule has 98 valence electrons. The van der Waals surface area contributed by atoms with Gasteiger partial charge in [0.25, 0.3) is 5.91 Å². The average Bonchev–Trinajstić information content (AvgIpc) is 2.43. The number of nitrogens with one attached hydrogen (secondary N) is 2. The van der Waals surface area contributed by atoms with Gasteiger partial charge in [-0.05, 0) is 30.3 Å². The van der Waals surface area contributed by atoms with Crippen molar-refractivity contribution in [2.45, 2.75) is 0 Å². The zero-order chi connectivity index (χ0) is 13.8. The molecule has 0 unspecified atom stereocenters. The van der Waals surface area contributed by atoms with E-state index in [-0.39, 0.29) is 16.6 Å². The van der Waals surface area contributed by atoms with Crippen LogP contribution in [0, 0.1) is 5.82 Å². The Hall–Kier alpha value is -2.14. The van der Waals surface area contributed by atoms with Gasteiger partial charge in [0.2, 0.25) is 0 Å². The second kappa shape index (κ2) is 5.67. The first kappa shape index (κ1) is 13.3. The highest BCUT2D eigenvalue weighted by molar-refractivity contribution is 6.33. The molecule has 1 aromatic heterocycles. The Morgan fingerprint density at radius 1 is 1.32 bits per heavy atom. The number of nitrogens with zero attached hydrogens (tertiary/aromatic N) is 1. The number of carbonyl (C=O) groups is 1. The topological polar surface area (TPSA) is 54.0 Å². The number of anilines is 2. The maximum Gasteiger partial charge on any atom is 0.255 e. The minimum absolute atomic E-state index is 0.231. The molecule has 0 saturated heterocycles. The van der Waals surface area contributed by atoms with Crippen molar-refractivity contribution in [3.63, 3.8) is 0 Å². The molecule has 2 aromatic rings. The van der Waals surface area contributed by atoms with Crippen molar-refractivity contribution >= 4 is 29.0 Å². The van der Waals surface area contributed by atoms with Gasteiger partial charge in [0.1, 0.15) is 11.6 Å². The van der Waals surface area contributed by atoms with Gasteiger partial charge in [0.05, 0.1) is 10.7 Å². The summed E-state index contributed by atoms with van der Waals surface area (Å²) < 4.78 is 13.1. The van der Waals surface area contributed by atoms with Gasteiger partial charge in [-0.15, -0.1) is 0 Å². The van der Waals surface area contributed by atoms with Crippen LogP contribution >= 0.6 is 11.6 Å². The van der Waals surface area contributed by atoms with Crippen LogP contribution in [0.25, 0.3) is 0 Å². The summed E-state index contributed by atoms with van der Waals surface area (Å²) in [4.78, 5) is 16.0. The Labute approximate surface area is 114 Å². The third-order valence-electron chi connectivity index (χ3n) is 2.45. The maximum atomic E-state index is 13.1. The van der Waals surface area contributed by atoms with E-state index in [1.165, 1.54) is 24.4 Å². The quantitative estimate of drug-likeness (QED) is 0.907. The standard InChI is InChI=1S/C13H11ClFN3O/c1-16-12-6-8(4-5-17-12)13(19)18-11-7-9(15)2-3-10(11)14/h2-7H,1H3,(H,16,17)(H,18,19). The molecule has 19 heavy (non-hydrogen) atoms. The first-order chi connectivity index (χ1) is 9.10. The van der Waals surface area contributed by atoms with Crippen LogP contribution in [0.15, 0.2) is 36.5 Å². The van der Waals surface area contributed by atoms with Crippen LogP contribution in [0.5, 0.6) is 0 Å². The molecular weight excluding hydrogens is 269 g/mol. The van der Waals surface area contributed by atoms with Crippen LogP contribution in [0.3, 0.4) is 0 Å². The summed E-state index contributed by atoms with van der Waals surface area (Å²) in [5.41, 5.74) is 0.633. The van der Waals surface area contributed by atoms with Crippen LogP contribution in [-0.2, 0) is 0 Å². The summed E-state index contributed by atoms with van der Waals surface area (Å²) in [6, 6.07) is 6.92. The lowest BCUT2D eigenvalue weighted by Gasteiger charge is -2.08. The number of amides is 1. The zero-order valence-corrected chi connectivity index (χ0v) is 10.8. The van der Waals surface area contributed by atoms with Gasteiger partial charge in [0, 0.05) is 18.8 Å². The Morgan fingerprint density at radius 3 is 2.84 bits per heavy atom. The normalized spacial score (nSPS) is 10.1. The number of halogens is 2. The molecular formula is C13H11ClFN3O. The van der Waals surface area contributed by atoms with E-state index in [0.717, 1.165) is 0 Å². The van der Waals surface area contributed by atoms with Gasteiger partial charge in [0.15, 0.2) is 0 Å². The Balaban J connectivity index is 2.22. The van der Waals surface area contributed by atoms with E-state index in [1.54, 1.807) is 19.2 Å². The summed E-state index contributed by atoms with van der Waals surface area (Å²) in [6.45, 7) is 0. The number of benzene rings is 1. The SMILES string of the molecule is CNc1cc(C(=O)Nc2cc(F)ccc2Cl)ccn1. The van der Waals surface area contributed by atoms with Crippen LogP contribution in [0.2, 0.25) is 5.02 Å². The van der Waals surface area contributed by atoms with Crippen molar-refractivity contribution in [1.82, 2.24) is 4.98 Å². The highest BCUT2D eigenvalue weighted by atomic mass is 35.5. The number of hydrogen-bond donors (Lipinski definition) is 2. The third kappa shape index (κ3) is 3.20. The van der Waals surface area contributed by atoms with E-state index < -0.39 is 5.82 Å². The molecule has 1 amide bonds. The summed E-state index contributed by atoms with van der Waals surface area (Å²) in [5, 5.41) is 5.66. The largest absolute Gasteiger partial charge is 0.373 e. The van der Waals surface area contributed by atoms with E-state index in [0.29, 0.717) is 11.4 Å². The number of rotatable bonds is 3. The maximum absolute atomic E-state index is 13.1. The van der Waals surface area contributed by atoms with Crippen LogP contribution in [0.1, 0.15) is 10.4 Å². The lowest BCUT2D eigenvalue weighted by molar-refractivity contribution is 0.102. The van der Waals surface area contributed by atoms with Gasteiger partial charge in [-0.25, -0.2) is 9.37 Å². The molecule has 0 bridgehead atoms. The van der Waals surface area contributed by atoms with Gasteiger partial charge < -0.3 is 10.6 Å². The highest BCUT2D eigenvalue weighted by Gasteiger charge is 2.10. The molecule has 2 N–H and O–H groups in total. The summed E-state index contributed by atoms with van der Waals surface area (Å²) in [7, 11) is 1.70. The predicted octanol–water partition coefficient (Wildman–Crippen LogP) is 3.17. The first-order valence-electron chi connectivity index (χ1n) is 5.50. The number of pyridine rings is 1. The lowest BCUT2D eigenvalue weighted by Crippen LogP contribution is -2.13. The fourth-order valence-electron chi connectivity index (χ4n) is 1.50. The second-order valence-corrected chi connectivity index (χ2v) is 4.17. The molecule has 4 nitrogen and oxygen atoms in total. The van der Waals surface area contributed by atoms with Crippen molar-refractivity contribution in [2.24, 2.45) is 0 Å². The average molecular weight is 280 g/mol. The fourth-order valence-corrected chi connectivity index (χ4v) is 1.66. The second-order valence-electron chi connectivity index (χ2n) is 3.76. The van der Waals surface area contributed by atoms with Gasteiger partial charge in [-0.2, -0.15) is 0 Å². The van der Waals surface area contributed by atoms with E-state index >= 15 is 0 Å². The van der Waals surface area contributed by atoms with Crippen molar-refractivity contribution in [3.05, 3.63) is 52.9 Å². The Bertz CT molecular complexity index is 619. The van der Waals surface area contributed by atoms with Gasteiger partial charge in [-0.1, -0.05) is 11.6 Å². The molecule has 0 aliphatic rings. The van der Waals surface area contributed by atoms with E-state index in [4.69, 9.17) is 11.6 Å². The van der Waals surface area contributed by atoms with Crippen LogP contribution in [0.4, 0.5) is 15.9 Å².